The summed E-state index contributed by atoms with van der Waals surface area (Å²) in [6.45, 7) is 2.30. The molecular weight excluding hydrogens is 402 g/mol. The van der Waals surface area contributed by atoms with Gasteiger partial charge in [-0.05, 0) is 34.5 Å². The van der Waals surface area contributed by atoms with Crippen molar-refractivity contribution in [2.75, 3.05) is 5.32 Å². The summed E-state index contributed by atoms with van der Waals surface area (Å²) >= 11 is 3.38. The van der Waals surface area contributed by atoms with Gasteiger partial charge in [-0.1, -0.05) is 29.8 Å². The van der Waals surface area contributed by atoms with Gasteiger partial charge in [-0.15, -0.1) is 0 Å². The molecule has 0 unspecified atom stereocenters. The quantitative estimate of drug-likeness (QED) is 0.641. The van der Waals surface area contributed by atoms with Crippen LogP contribution in [0.2, 0.25) is 0 Å². The van der Waals surface area contributed by atoms with Crippen LogP contribution in [0.1, 0.15) is 21.6 Å². The van der Waals surface area contributed by atoms with Crippen molar-refractivity contribution < 1.29 is 14.7 Å². The first-order valence-electron chi connectivity index (χ1n) is 7.76. The predicted octanol–water partition coefficient (Wildman–Crippen LogP) is 2.54. The third-order valence-electron chi connectivity index (χ3n) is 3.58. The number of benzene rings is 1. The number of carbonyl (C=O) groups is 2. The van der Waals surface area contributed by atoms with Gasteiger partial charge >= 0.3 is 5.97 Å². The number of carboxylic acid groups (broad SMARTS) is 1. The van der Waals surface area contributed by atoms with E-state index < -0.39 is 11.9 Å². The molecule has 0 atom stereocenters. The number of hydrogen-bond acceptors (Lipinski definition) is 4. The van der Waals surface area contributed by atoms with Crippen LogP contribution in [0.5, 0.6) is 0 Å². The largest absolute Gasteiger partial charge is 0.480 e. The highest BCUT2D eigenvalue weighted by molar-refractivity contribution is 9.10. The number of nitrogens with zero attached hydrogens (tertiary/aromatic N) is 4. The van der Waals surface area contributed by atoms with Gasteiger partial charge in [0.05, 0.1) is 11.0 Å². The number of hydrogen-bond donors (Lipinski definition) is 2. The van der Waals surface area contributed by atoms with Crippen LogP contribution in [0.3, 0.4) is 0 Å². The fraction of sp³-hybridized carbons (Fsp3) is 0.176. The van der Waals surface area contributed by atoms with Crippen LogP contribution in [0.4, 0.5) is 5.82 Å². The summed E-state index contributed by atoms with van der Waals surface area (Å²) in [5.74, 6) is -1.12. The Bertz CT molecular complexity index is 946. The highest BCUT2D eigenvalue weighted by Crippen LogP contribution is 2.21. The number of carbonyl (C=O) groups excluding carboxylic acids is 1. The van der Waals surface area contributed by atoms with Gasteiger partial charge in [0, 0.05) is 12.4 Å². The molecule has 26 heavy (non-hydrogen) atoms. The van der Waals surface area contributed by atoms with E-state index in [-0.39, 0.29) is 12.2 Å². The lowest BCUT2D eigenvalue weighted by Crippen LogP contribution is -2.15. The summed E-state index contributed by atoms with van der Waals surface area (Å²) in [5.41, 5.74) is 2.40. The second-order valence-electron chi connectivity index (χ2n) is 5.76. The summed E-state index contributed by atoms with van der Waals surface area (Å²) in [6.07, 6.45) is 3.21. The Hall–Kier alpha value is -2.94. The molecule has 0 aliphatic heterocycles. The second-order valence-corrected chi connectivity index (χ2v) is 6.61. The number of carboxylic acids is 1. The van der Waals surface area contributed by atoms with E-state index in [0.717, 1.165) is 5.56 Å². The lowest BCUT2D eigenvalue weighted by molar-refractivity contribution is -0.137. The lowest BCUT2D eigenvalue weighted by Gasteiger charge is -2.03. The number of aliphatic carboxylic acids is 1. The average molecular weight is 418 g/mol. The molecule has 3 aromatic rings. The fourth-order valence-electron chi connectivity index (χ4n) is 2.32. The van der Waals surface area contributed by atoms with Crippen LogP contribution >= 0.6 is 15.9 Å². The van der Waals surface area contributed by atoms with Crippen LogP contribution < -0.4 is 5.32 Å². The maximum absolute atomic E-state index is 12.3. The number of nitrogens with one attached hydrogen (secondary N) is 1. The fourth-order valence-corrected chi connectivity index (χ4v) is 2.74. The molecule has 0 spiro atoms. The third-order valence-corrected chi connectivity index (χ3v) is 4.17. The van der Waals surface area contributed by atoms with E-state index in [1.165, 1.54) is 22.5 Å². The van der Waals surface area contributed by atoms with Crippen LogP contribution in [0, 0.1) is 6.92 Å². The number of aromatic nitrogens is 4. The van der Waals surface area contributed by atoms with Crippen molar-refractivity contribution in [3.05, 3.63) is 64.0 Å². The van der Waals surface area contributed by atoms with Crippen LogP contribution in [-0.4, -0.2) is 36.5 Å². The molecule has 0 fully saturated rings. The molecule has 2 N–H and O–H groups in total. The standard InChI is InChI=1S/C17H16BrN5O3/c1-11-2-4-12(5-3-11)8-23-9-13(18)16(21-23)19-17(26)14-6-7-22(20-14)10-15(24)25/h2-7,9H,8,10H2,1H3,(H,24,25)(H,19,21,26). The van der Waals surface area contributed by atoms with E-state index in [0.29, 0.717) is 16.8 Å². The number of rotatable bonds is 6. The first kappa shape index (κ1) is 17.9. The average Bonchev–Trinajstić information content (AvgIpc) is 3.16. The van der Waals surface area contributed by atoms with Crippen molar-refractivity contribution in [1.29, 1.82) is 0 Å². The Morgan fingerprint density at radius 3 is 2.58 bits per heavy atom. The molecule has 134 valence electrons. The monoisotopic (exact) mass is 417 g/mol. The number of halogens is 1. The Morgan fingerprint density at radius 1 is 1.15 bits per heavy atom. The van der Waals surface area contributed by atoms with Crippen molar-refractivity contribution in [3.63, 3.8) is 0 Å². The van der Waals surface area contributed by atoms with E-state index in [4.69, 9.17) is 5.11 Å². The topological polar surface area (TPSA) is 102 Å². The molecule has 0 aliphatic rings. The molecule has 1 amide bonds. The second kappa shape index (κ2) is 7.52. The first-order valence-corrected chi connectivity index (χ1v) is 8.55. The molecule has 0 radical (unpaired) electrons. The first-order chi connectivity index (χ1) is 12.4. The molecule has 2 heterocycles. The SMILES string of the molecule is Cc1ccc(Cn2cc(Br)c(NC(=O)c3ccn(CC(=O)O)n3)n2)cc1. The van der Waals surface area contributed by atoms with Gasteiger partial charge in [0.2, 0.25) is 0 Å². The Labute approximate surface area is 157 Å². The van der Waals surface area contributed by atoms with Gasteiger partial charge in [0.1, 0.15) is 6.54 Å². The summed E-state index contributed by atoms with van der Waals surface area (Å²) in [7, 11) is 0. The number of amides is 1. The van der Waals surface area contributed by atoms with Crippen molar-refractivity contribution in [1.82, 2.24) is 19.6 Å². The molecule has 0 saturated heterocycles. The van der Waals surface area contributed by atoms with Crippen LogP contribution in [0.25, 0.3) is 0 Å². The summed E-state index contributed by atoms with van der Waals surface area (Å²) in [5, 5.41) is 19.7. The molecule has 0 saturated carbocycles. The molecule has 2 aromatic heterocycles. The normalized spacial score (nSPS) is 10.7. The molecule has 1 aromatic carbocycles. The zero-order chi connectivity index (χ0) is 18.7. The predicted molar refractivity (Wildman–Crippen MR) is 98.0 cm³/mol. The van der Waals surface area contributed by atoms with Crippen molar-refractivity contribution in [2.24, 2.45) is 0 Å². The molecule has 0 aliphatic carbocycles. The summed E-state index contributed by atoms with van der Waals surface area (Å²) in [4.78, 5) is 22.9. The Kier molecular flexibility index (Phi) is 5.17. The maximum atomic E-state index is 12.3. The molecule has 3 rings (SSSR count). The van der Waals surface area contributed by atoms with E-state index in [2.05, 4.69) is 31.4 Å². The van der Waals surface area contributed by atoms with Crippen molar-refractivity contribution in [3.8, 4) is 0 Å². The van der Waals surface area contributed by atoms with Gasteiger partial charge in [0.15, 0.2) is 11.5 Å². The van der Waals surface area contributed by atoms with Crippen molar-refractivity contribution >= 4 is 33.6 Å². The van der Waals surface area contributed by atoms with Crippen molar-refractivity contribution in [2.45, 2.75) is 20.0 Å². The molecule has 8 nitrogen and oxygen atoms in total. The van der Waals surface area contributed by atoms with E-state index >= 15 is 0 Å². The number of anilines is 1. The van der Waals surface area contributed by atoms with E-state index in [1.54, 1.807) is 10.9 Å². The van der Waals surface area contributed by atoms with Gasteiger partial charge in [-0.2, -0.15) is 10.2 Å². The van der Waals surface area contributed by atoms with Gasteiger partial charge in [0.25, 0.3) is 5.91 Å². The lowest BCUT2D eigenvalue weighted by atomic mass is 10.1. The highest BCUT2D eigenvalue weighted by Gasteiger charge is 2.15. The minimum absolute atomic E-state index is 0.117. The van der Waals surface area contributed by atoms with E-state index in [1.807, 2.05) is 31.2 Å². The minimum atomic E-state index is -1.03. The molecular formula is C17H16BrN5O3. The highest BCUT2D eigenvalue weighted by atomic mass is 79.9. The zero-order valence-corrected chi connectivity index (χ0v) is 15.5. The smallest absolute Gasteiger partial charge is 0.325 e. The van der Waals surface area contributed by atoms with Crippen LogP contribution in [0.15, 0.2) is 47.2 Å². The third kappa shape index (κ3) is 4.37. The van der Waals surface area contributed by atoms with Gasteiger partial charge in [-0.3, -0.25) is 19.0 Å². The van der Waals surface area contributed by atoms with E-state index in [9.17, 15) is 9.59 Å². The summed E-state index contributed by atoms with van der Waals surface area (Å²) < 4.78 is 3.54. The van der Waals surface area contributed by atoms with Crippen LogP contribution in [-0.2, 0) is 17.9 Å². The van der Waals surface area contributed by atoms with Gasteiger partial charge in [-0.25, -0.2) is 0 Å². The Balaban J connectivity index is 1.68. The summed E-state index contributed by atoms with van der Waals surface area (Å²) in [6, 6.07) is 9.57. The minimum Gasteiger partial charge on any atom is -0.480 e. The molecule has 9 heteroatoms. The number of aryl methyl sites for hydroxylation is 1. The Morgan fingerprint density at radius 2 is 1.88 bits per heavy atom. The maximum Gasteiger partial charge on any atom is 0.325 e. The zero-order valence-electron chi connectivity index (χ0n) is 13.9. The molecule has 0 bridgehead atoms. The van der Waals surface area contributed by atoms with Gasteiger partial charge < -0.3 is 10.4 Å².